The Morgan fingerprint density at radius 2 is 1.16 bits per heavy atom. The Bertz CT molecular complexity index is 2270. The molecule has 0 aliphatic carbocycles. The van der Waals surface area contributed by atoms with Crippen LogP contribution in [0.15, 0.2) is 89.7 Å². The minimum atomic E-state index is 0.916. The first kappa shape index (κ1) is 25.9. The number of hydrogen-bond donors (Lipinski definition) is 3. The normalized spacial score (nSPS) is 14.6. The first-order valence-electron chi connectivity index (χ1n) is 14.8. The zero-order chi connectivity index (χ0) is 29.8. The fraction of sp³-hybridized carbons (Fsp3) is 0.0789. The minimum Gasteiger partial charge on any atom is -0.361 e. The smallest absolute Gasteiger partial charge is 0.0737 e. The number of nitrogens with one attached hydrogen (secondary N) is 3. The van der Waals surface area contributed by atoms with E-state index in [0.29, 0.717) is 0 Å². The lowest BCUT2D eigenvalue weighted by Crippen LogP contribution is -1.93. The highest BCUT2D eigenvalue weighted by Crippen LogP contribution is 2.34. The van der Waals surface area contributed by atoms with Crippen molar-refractivity contribution in [1.29, 1.82) is 0 Å². The zero-order valence-electron chi connectivity index (χ0n) is 24.7. The van der Waals surface area contributed by atoms with Crippen molar-refractivity contribution >= 4 is 58.2 Å². The Morgan fingerprint density at radius 1 is 0.591 bits per heavy atom. The lowest BCUT2D eigenvalue weighted by molar-refractivity contribution is 1.24. The molecular formula is C38H30N6. The van der Waals surface area contributed by atoms with E-state index in [4.69, 9.17) is 9.97 Å². The van der Waals surface area contributed by atoms with Gasteiger partial charge in [0.2, 0.25) is 0 Å². The number of benzene rings is 1. The van der Waals surface area contributed by atoms with E-state index in [0.717, 1.165) is 95.2 Å². The molecule has 3 aliphatic heterocycles. The maximum Gasteiger partial charge on any atom is 0.0737 e. The summed E-state index contributed by atoms with van der Waals surface area (Å²) in [7, 11) is 0. The lowest BCUT2D eigenvalue weighted by atomic mass is 9.96. The Labute approximate surface area is 255 Å². The topological polar surface area (TPSA) is 85.5 Å². The molecule has 44 heavy (non-hydrogen) atoms. The van der Waals surface area contributed by atoms with Crippen molar-refractivity contribution in [2.45, 2.75) is 20.8 Å². The van der Waals surface area contributed by atoms with Crippen molar-refractivity contribution in [3.63, 3.8) is 0 Å². The number of H-pyrrole nitrogens is 3. The van der Waals surface area contributed by atoms with E-state index in [1.165, 1.54) is 0 Å². The van der Waals surface area contributed by atoms with Crippen LogP contribution in [-0.4, -0.2) is 31.1 Å². The molecule has 0 radical (unpaired) electrons. The summed E-state index contributed by atoms with van der Waals surface area (Å²) >= 11 is 0. The van der Waals surface area contributed by atoms with E-state index < -0.39 is 0 Å². The molecule has 5 aromatic rings. The van der Waals surface area contributed by atoms with Crippen molar-refractivity contribution < 1.29 is 0 Å². The molecule has 6 heteroatoms. The standard InChI is InChI=1S/C38H30N6/c1-22-27-12-14-29(41-27)23(2)31-16-18-35(43-31)38(36-19-17-32(44-36)24(3)30-15-13-28(22)42-30)26-10-8-25(9-11-26)37(33-6-4-20-39-33)34-7-5-21-40-34/h4-21,39,41,44H,1-3H3. The van der Waals surface area contributed by atoms with E-state index in [9.17, 15) is 0 Å². The molecule has 0 spiro atoms. The van der Waals surface area contributed by atoms with Crippen LogP contribution in [0.5, 0.6) is 0 Å². The van der Waals surface area contributed by atoms with Crippen LogP contribution < -0.4 is 0 Å². The molecule has 212 valence electrons. The summed E-state index contributed by atoms with van der Waals surface area (Å²) in [4.78, 5) is 25.4. The number of nitrogens with zero attached hydrogens (tertiary/aromatic N) is 3. The fourth-order valence-electron chi connectivity index (χ4n) is 6.12. The van der Waals surface area contributed by atoms with E-state index in [-0.39, 0.29) is 0 Å². The van der Waals surface area contributed by atoms with E-state index in [2.05, 4.69) is 120 Å². The third kappa shape index (κ3) is 4.31. The first-order valence-corrected chi connectivity index (χ1v) is 14.8. The number of rotatable bonds is 3. The van der Waals surface area contributed by atoms with Gasteiger partial charge in [-0.3, -0.25) is 4.99 Å². The highest BCUT2D eigenvalue weighted by atomic mass is 14.8. The van der Waals surface area contributed by atoms with E-state index in [1.54, 1.807) is 0 Å². The summed E-state index contributed by atoms with van der Waals surface area (Å²) in [5, 5.41) is 0. The number of allylic oxidation sites excluding steroid dienone is 2. The third-order valence-corrected chi connectivity index (χ3v) is 8.68. The van der Waals surface area contributed by atoms with Crippen LogP contribution in [0.3, 0.4) is 0 Å². The highest BCUT2D eigenvalue weighted by molar-refractivity contribution is 5.93. The van der Waals surface area contributed by atoms with Crippen LogP contribution in [0.1, 0.15) is 50.7 Å². The molecule has 4 aromatic heterocycles. The van der Waals surface area contributed by atoms with Gasteiger partial charge >= 0.3 is 0 Å². The van der Waals surface area contributed by atoms with Crippen LogP contribution >= 0.6 is 0 Å². The summed E-state index contributed by atoms with van der Waals surface area (Å²) in [5.41, 5.74) is 17.5. The van der Waals surface area contributed by atoms with Gasteiger partial charge in [0, 0.05) is 51.3 Å². The van der Waals surface area contributed by atoms with Gasteiger partial charge in [-0.2, -0.15) is 0 Å². The molecule has 0 amide bonds. The van der Waals surface area contributed by atoms with Crippen molar-refractivity contribution in [2.24, 2.45) is 4.99 Å². The summed E-state index contributed by atoms with van der Waals surface area (Å²) in [6.45, 7) is 6.35. The van der Waals surface area contributed by atoms with Crippen LogP contribution in [0.2, 0.25) is 0 Å². The molecular weight excluding hydrogens is 540 g/mol. The predicted octanol–water partition coefficient (Wildman–Crippen LogP) is 8.98. The molecule has 0 atom stereocenters. The quantitative estimate of drug-likeness (QED) is 0.198. The van der Waals surface area contributed by atoms with Crippen LogP contribution in [0.4, 0.5) is 0 Å². The minimum absolute atomic E-state index is 0.916. The molecule has 8 rings (SSSR count). The van der Waals surface area contributed by atoms with Crippen LogP contribution in [0, 0.1) is 20.8 Å². The molecule has 3 aliphatic rings. The second-order valence-corrected chi connectivity index (χ2v) is 11.3. The summed E-state index contributed by atoms with van der Waals surface area (Å²) < 4.78 is 0. The average Bonchev–Trinajstić information content (AvgIpc) is 3.90. The van der Waals surface area contributed by atoms with Crippen LogP contribution in [-0.2, 0) is 0 Å². The number of aliphatic imine (C=N–C) groups is 1. The van der Waals surface area contributed by atoms with Gasteiger partial charge in [0.25, 0.3) is 0 Å². The number of aryl methyl sites for hydroxylation is 3. The molecule has 6 nitrogen and oxygen atoms in total. The molecule has 0 saturated carbocycles. The third-order valence-electron chi connectivity index (χ3n) is 8.68. The Morgan fingerprint density at radius 3 is 1.73 bits per heavy atom. The Hall–Kier alpha value is -5.75. The summed E-state index contributed by atoms with van der Waals surface area (Å²) in [5.74, 6) is 0. The molecule has 0 unspecified atom stereocenters. The maximum atomic E-state index is 5.17. The Kier molecular flexibility index (Phi) is 6.01. The average molecular weight is 571 g/mol. The number of aromatic amines is 3. The molecule has 1 aromatic carbocycles. The summed E-state index contributed by atoms with van der Waals surface area (Å²) in [6, 6.07) is 21.3. The monoisotopic (exact) mass is 570 g/mol. The fourth-order valence-corrected chi connectivity index (χ4v) is 6.12. The van der Waals surface area contributed by atoms with Gasteiger partial charge in [-0.1, -0.05) is 24.3 Å². The lowest BCUT2D eigenvalue weighted by Gasteiger charge is -2.10. The molecule has 0 fully saturated rings. The van der Waals surface area contributed by atoms with Gasteiger partial charge in [-0.15, -0.1) is 0 Å². The van der Waals surface area contributed by atoms with Crippen molar-refractivity contribution in [1.82, 2.24) is 24.9 Å². The maximum absolute atomic E-state index is 5.17. The Balaban J connectivity index is 1.38. The van der Waals surface area contributed by atoms with Crippen molar-refractivity contribution in [2.75, 3.05) is 0 Å². The highest BCUT2D eigenvalue weighted by Gasteiger charge is 2.16. The van der Waals surface area contributed by atoms with Gasteiger partial charge in [-0.25, -0.2) is 9.97 Å². The summed E-state index contributed by atoms with van der Waals surface area (Å²) in [6.07, 6.45) is 16.2. The van der Waals surface area contributed by atoms with E-state index in [1.807, 2.05) is 30.6 Å². The molecule has 7 heterocycles. The molecule has 3 N–H and O–H groups in total. The predicted molar refractivity (Wildman–Crippen MR) is 183 cm³/mol. The second-order valence-electron chi connectivity index (χ2n) is 11.3. The largest absolute Gasteiger partial charge is 0.361 e. The van der Waals surface area contributed by atoms with Crippen molar-refractivity contribution in [3.05, 3.63) is 135 Å². The SMILES string of the molecule is Cc1c2nc(c(C)c3ccc([nH]3)c(-c3ccc(C(=C4C=CC=N4)c4ccc[nH]4)cc3)c3nc(c(C)c4ccc1[nH]4)C=C3)C=C2. The number of aromatic nitrogens is 5. The number of hydrogen-bond acceptors (Lipinski definition) is 3. The van der Waals surface area contributed by atoms with Gasteiger partial charge in [-0.05, 0) is 121 Å². The van der Waals surface area contributed by atoms with Gasteiger partial charge in [0.15, 0.2) is 0 Å². The van der Waals surface area contributed by atoms with Crippen molar-refractivity contribution in [3.8, 4) is 11.1 Å². The van der Waals surface area contributed by atoms with Gasteiger partial charge < -0.3 is 15.0 Å². The molecule has 0 saturated heterocycles. The first-order chi connectivity index (χ1) is 21.5. The van der Waals surface area contributed by atoms with Gasteiger partial charge in [0.1, 0.15) is 0 Å². The zero-order valence-corrected chi connectivity index (χ0v) is 24.7. The van der Waals surface area contributed by atoms with Crippen LogP contribution in [0.25, 0.3) is 63.1 Å². The second kappa shape index (κ2) is 10.2. The number of fused-ring (bicyclic) bond motifs is 8. The molecule has 8 bridgehead atoms. The van der Waals surface area contributed by atoms with E-state index >= 15 is 0 Å². The van der Waals surface area contributed by atoms with Gasteiger partial charge in [0.05, 0.1) is 28.5 Å².